The maximum atomic E-state index is 9.10. The molecule has 2 heteroatoms. The molecule has 0 saturated carbocycles. The van der Waals surface area contributed by atoms with Crippen LogP contribution in [0.15, 0.2) is 60.7 Å². The van der Waals surface area contributed by atoms with Gasteiger partial charge in [-0.2, -0.15) is 0 Å². The van der Waals surface area contributed by atoms with Crippen LogP contribution in [0, 0.1) is 0 Å². The van der Waals surface area contributed by atoms with Crippen molar-refractivity contribution in [2.75, 3.05) is 6.61 Å². The number of hydrogen-bond acceptors (Lipinski definition) is 1. The van der Waals surface area contributed by atoms with Crippen LogP contribution in [0.2, 0.25) is 11.1 Å². The van der Waals surface area contributed by atoms with E-state index in [1.807, 2.05) is 0 Å². The van der Waals surface area contributed by atoms with Gasteiger partial charge in [0.1, 0.15) is 8.07 Å². The minimum absolute atomic E-state index is 0.245. The smallest absolute Gasteiger partial charge is 0.123 e. The maximum Gasteiger partial charge on any atom is 0.123 e. The lowest BCUT2D eigenvalue weighted by molar-refractivity contribution is 0.284. The number of aliphatic hydroxyl groups excluding tert-OH is 1. The van der Waals surface area contributed by atoms with Crippen molar-refractivity contribution in [1.29, 1.82) is 0 Å². The minimum Gasteiger partial charge on any atom is -0.396 e. The first-order chi connectivity index (χ1) is 11.0. The largest absolute Gasteiger partial charge is 0.396 e. The van der Waals surface area contributed by atoms with Crippen molar-refractivity contribution >= 4 is 18.4 Å². The van der Waals surface area contributed by atoms with E-state index in [1.165, 1.54) is 22.8 Å². The van der Waals surface area contributed by atoms with Gasteiger partial charge in [-0.3, -0.25) is 0 Å². The van der Waals surface area contributed by atoms with E-state index in [0.717, 1.165) is 12.8 Å². The van der Waals surface area contributed by atoms with Gasteiger partial charge in [0.05, 0.1) is 0 Å². The molecule has 0 fully saturated rings. The van der Waals surface area contributed by atoms with Crippen molar-refractivity contribution in [3.63, 3.8) is 0 Å². The summed E-state index contributed by atoms with van der Waals surface area (Å²) in [6, 6.07) is 23.5. The summed E-state index contributed by atoms with van der Waals surface area (Å²) in [4.78, 5) is 0. The van der Waals surface area contributed by atoms with Crippen LogP contribution >= 0.6 is 0 Å². The molecule has 1 N–H and O–H groups in total. The monoisotopic (exact) mass is 326 g/mol. The Bertz CT molecular complexity index is 532. The molecule has 0 unspecified atom stereocenters. The summed E-state index contributed by atoms with van der Waals surface area (Å²) < 4.78 is 0. The van der Waals surface area contributed by atoms with E-state index >= 15 is 0 Å². The Kier molecular flexibility index (Phi) is 6.20. The molecule has 0 spiro atoms. The molecule has 0 saturated heterocycles. The summed E-state index contributed by atoms with van der Waals surface area (Å²) in [7, 11) is -1.88. The Morgan fingerprint density at radius 3 is 1.61 bits per heavy atom. The SMILES string of the molecule is CC(C)(C)[Si](CCCCCO)(c1ccccc1)c1ccccc1. The lowest BCUT2D eigenvalue weighted by Gasteiger charge is -2.44. The first kappa shape index (κ1) is 18.0. The van der Waals surface area contributed by atoms with E-state index < -0.39 is 8.07 Å². The molecule has 0 atom stereocenters. The fourth-order valence-corrected chi connectivity index (χ4v) is 9.52. The number of aliphatic hydroxyl groups is 1. The van der Waals surface area contributed by atoms with Crippen molar-refractivity contribution in [2.45, 2.75) is 51.1 Å². The van der Waals surface area contributed by atoms with E-state index in [2.05, 4.69) is 81.4 Å². The van der Waals surface area contributed by atoms with Crippen LogP contribution in [-0.4, -0.2) is 19.8 Å². The average Bonchev–Trinajstić information content (AvgIpc) is 2.55. The Morgan fingerprint density at radius 2 is 1.22 bits per heavy atom. The normalized spacial score (nSPS) is 12.3. The zero-order valence-electron chi connectivity index (χ0n) is 14.8. The lowest BCUT2D eigenvalue weighted by Crippen LogP contribution is -2.64. The van der Waals surface area contributed by atoms with Gasteiger partial charge in [-0.25, -0.2) is 0 Å². The van der Waals surface area contributed by atoms with Crippen molar-refractivity contribution < 1.29 is 5.11 Å². The van der Waals surface area contributed by atoms with Crippen LogP contribution in [0.4, 0.5) is 0 Å². The second kappa shape index (κ2) is 7.94. The molecule has 2 aromatic carbocycles. The summed E-state index contributed by atoms with van der Waals surface area (Å²) in [5.41, 5.74) is 0. The highest BCUT2D eigenvalue weighted by Crippen LogP contribution is 2.39. The zero-order chi connectivity index (χ0) is 16.8. The van der Waals surface area contributed by atoms with Crippen LogP contribution in [0.25, 0.3) is 0 Å². The summed E-state index contributed by atoms with van der Waals surface area (Å²) in [6.07, 6.45) is 3.22. The quantitative estimate of drug-likeness (QED) is 0.597. The molecule has 0 aliphatic carbocycles. The Balaban J connectivity index is 2.51. The van der Waals surface area contributed by atoms with Gasteiger partial charge < -0.3 is 5.11 Å². The third-order valence-electron chi connectivity index (χ3n) is 5.02. The van der Waals surface area contributed by atoms with E-state index in [0.29, 0.717) is 6.61 Å². The Labute approximate surface area is 142 Å². The molecule has 2 aromatic rings. The average molecular weight is 327 g/mol. The molecule has 0 bridgehead atoms. The molecule has 1 nitrogen and oxygen atoms in total. The van der Waals surface area contributed by atoms with Crippen LogP contribution in [0.3, 0.4) is 0 Å². The van der Waals surface area contributed by atoms with Gasteiger partial charge in [0.15, 0.2) is 0 Å². The summed E-state index contributed by atoms with van der Waals surface area (Å²) in [6.45, 7) is 7.53. The molecule has 23 heavy (non-hydrogen) atoms. The number of unbranched alkanes of at least 4 members (excludes halogenated alkanes) is 2. The molecule has 0 amide bonds. The highest BCUT2D eigenvalue weighted by molar-refractivity contribution is 7.04. The van der Waals surface area contributed by atoms with Gasteiger partial charge in [-0.15, -0.1) is 0 Å². The van der Waals surface area contributed by atoms with E-state index in [4.69, 9.17) is 5.11 Å². The molecular weight excluding hydrogens is 296 g/mol. The number of benzene rings is 2. The fraction of sp³-hybridized carbons (Fsp3) is 0.429. The van der Waals surface area contributed by atoms with Crippen molar-refractivity contribution in [2.24, 2.45) is 0 Å². The zero-order valence-corrected chi connectivity index (χ0v) is 15.8. The third kappa shape index (κ3) is 3.93. The van der Waals surface area contributed by atoms with Gasteiger partial charge >= 0.3 is 0 Å². The first-order valence-electron chi connectivity index (χ1n) is 8.74. The molecular formula is C21H30OSi. The molecule has 2 rings (SSSR count). The highest BCUT2D eigenvalue weighted by atomic mass is 28.3. The van der Waals surface area contributed by atoms with Gasteiger partial charge in [-0.05, 0) is 17.5 Å². The number of hydrogen-bond donors (Lipinski definition) is 1. The van der Waals surface area contributed by atoms with Crippen LogP contribution in [0.1, 0.15) is 40.0 Å². The second-order valence-corrected chi connectivity index (χ2v) is 12.4. The molecule has 124 valence electrons. The number of rotatable bonds is 7. The van der Waals surface area contributed by atoms with Crippen LogP contribution < -0.4 is 10.4 Å². The summed E-state index contributed by atoms with van der Waals surface area (Å²) in [5.74, 6) is 0. The van der Waals surface area contributed by atoms with Gasteiger partial charge in [0, 0.05) is 6.61 Å². The minimum atomic E-state index is -1.88. The predicted molar refractivity (Wildman–Crippen MR) is 103 cm³/mol. The van der Waals surface area contributed by atoms with Gasteiger partial charge in [0.2, 0.25) is 0 Å². The van der Waals surface area contributed by atoms with Crippen molar-refractivity contribution in [3.8, 4) is 0 Å². The van der Waals surface area contributed by atoms with E-state index in [9.17, 15) is 0 Å². The van der Waals surface area contributed by atoms with E-state index in [1.54, 1.807) is 0 Å². The summed E-state index contributed by atoms with van der Waals surface area (Å²) >= 11 is 0. The van der Waals surface area contributed by atoms with Crippen molar-refractivity contribution in [1.82, 2.24) is 0 Å². The van der Waals surface area contributed by atoms with E-state index in [-0.39, 0.29) is 5.04 Å². The maximum absolute atomic E-state index is 9.10. The fourth-order valence-electron chi connectivity index (χ4n) is 3.82. The van der Waals surface area contributed by atoms with Crippen molar-refractivity contribution in [3.05, 3.63) is 60.7 Å². The van der Waals surface area contributed by atoms with Crippen LogP contribution in [0.5, 0.6) is 0 Å². The highest BCUT2D eigenvalue weighted by Gasteiger charge is 2.46. The van der Waals surface area contributed by atoms with Gasteiger partial charge in [0.25, 0.3) is 0 Å². The summed E-state index contributed by atoms with van der Waals surface area (Å²) in [5, 5.41) is 12.4. The molecule has 0 aliphatic rings. The first-order valence-corrected chi connectivity index (χ1v) is 10.9. The predicted octanol–water partition coefficient (Wildman–Crippen LogP) is 4.21. The molecule has 0 aliphatic heterocycles. The third-order valence-corrected chi connectivity index (χ3v) is 11.3. The topological polar surface area (TPSA) is 20.2 Å². The standard InChI is InChI=1S/C21H30OSi/c1-21(2,3)23(18-12-6-11-17-22,19-13-7-4-8-14-19)20-15-9-5-10-16-20/h4-5,7-10,13-16,22H,6,11-12,17-18H2,1-3H3. The Morgan fingerprint density at radius 1 is 0.739 bits per heavy atom. The van der Waals surface area contributed by atoms with Crippen LogP contribution in [-0.2, 0) is 0 Å². The van der Waals surface area contributed by atoms with Gasteiger partial charge in [-0.1, -0.05) is 105 Å². The molecule has 0 heterocycles. The molecule has 0 aromatic heterocycles. The lowest BCUT2D eigenvalue weighted by atomic mass is 10.2. The molecule has 0 radical (unpaired) electrons. The Hall–Kier alpha value is -1.38. The second-order valence-electron chi connectivity index (χ2n) is 7.42.